The van der Waals surface area contributed by atoms with Gasteiger partial charge in [0, 0.05) is 50.0 Å². The van der Waals surface area contributed by atoms with E-state index in [2.05, 4.69) is 31.9 Å². The first-order valence-electron chi connectivity index (χ1n) is 8.95. The Hall–Kier alpha value is -1.94. The molecule has 1 amide bonds. The van der Waals surface area contributed by atoms with Crippen LogP contribution in [0.2, 0.25) is 5.02 Å². The van der Waals surface area contributed by atoms with E-state index in [1.165, 1.54) is 6.26 Å². The van der Waals surface area contributed by atoms with Gasteiger partial charge in [0.2, 0.25) is 0 Å². The Balaban J connectivity index is 0.00000280. The molecule has 2 heterocycles. The molecular formula is C19H25ClIN5O2. The highest BCUT2D eigenvalue weighted by Crippen LogP contribution is 2.23. The van der Waals surface area contributed by atoms with Crippen LogP contribution in [0, 0.1) is 0 Å². The summed E-state index contributed by atoms with van der Waals surface area (Å²) in [5.41, 5.74) is 1.13. The normalized spacial score (nSPS) is 16.4. The summed E-state index contributed by atoms with van der Waals surface area (Å²) in [5, 5.41) is 10.2. The van der Waals surface area contributed by atoms with Crippen molar-refractivity contribution in [3.8, 4) is 0 Å². The van der Waals surface area contributed by atoms with Gasteiger partial charge < -0.3 is 25.3 Å². The summed E-state index contributed by atoms with van der Waals surface area (Å²) in [7, 11) is 1.74. The van der Waals surface area contributed by atoms with Gasteiger partial charge in [-0.3, -0.25) is 9.79 Å². The van der Waals surface area contributed by atoms with Crippen molar-refractivity contribution in [2.75, 3.05) is 38.1 Å². The maximum Gasteiger partial charge on any atom is 0.287 e. The minimum absolute atomic E-state index is 0. The topological polar surface area (TPSA) is 81.9 Å². The first kappa shape index (κ1) is 22.4. The molecular weight excluding hydrogens is 493 g/mol. The Labute approximate surface area is 186 Å². The fourth-order valence-corrected chi connectivity index (χ4v) is 3.21. The number of guanidine groups is 1. The first-order valence-corrected chi connectivity index (χ1v) is 9.33. The van der Waals surface area contributed by atoms with Gasteiger partial charge in [0.1, 0.15) is 0 Å². The van der Waals surface area contributed by atoms with Crippen LogP contribution in [0.4, 0.5) is 5.69 Å². The second kappa shape index (κ2) is 11.2. The number of furan rings is 1. The maximum absolute atomic E-state index is 11.8. The molecule has 1 fully saturated rings. The zero-order valence-electron chi connectivity index (χ0n) is 15.7. The molecule has 0 spiro atoms. The molecule has 0 radical (unpaired) electrons. The summed E-state index contributed by atoms with van der Waals surface area (Å²) in [6.45, 7) is 2.89. The third-order valence-corrected chi connectivity index (χ3v) is 4.61. The van der Waals surface area contributed by atoms with E-state index >= 15 is 0 Å². The van der Waals surface area contributed by atoms with Crippen LogP contribution in [0.3, 0.4) is 0 Å². The Morgan fingerprint density at radius 1 is 1.29 bits per heavy atom. The van der Waals surface area contributed by atoms with Crippen LogP contribution >= 0.6 is 35.6 Å². The van der Waals surface area contributed by atoms with Gasteiger partial charge in [0.25, 0.3) is 5.91 Å². The van der Waals surface area contributed by atoms with Crippen molar-refractivity contribution in [3.05, 3.63) is 53.4 Å². The number of halogens is 2. The van der Waals surface area contributed by atoms with Crippen molar-refractivity contribution < 1.29 is 9.21 Å². The largest absolute Gasteiger partial charge is 0.459 e. The monoisotopic (exact) mass is 517 g/mol. The highest BCUT2D eigenvalue weighted by molar-refractivity contribution is 14.0. The molecule has 1 saturated heterocycles. The Bertz CT molecular complexity index is 784. The predicted molar refractivity (Wildman–Crippen MR) is 123 cm³/mol. The number of amides is 1. The molecule has 152 valence electrons. The van der Waals surface area contributed by atoms with E-state index in [0.717, 1.165) is 36.2 Å². The van der Waals surface area contributed by atoms with E-state index in [4.69, 9.17) is 16.0 Å². The Morgan fingerprint density at radius 3 is 2.82 bits per heavy atom. The second-order valence-electron chi connectivity index (χ2n) is 6.29. The summed E-state index contributed by atoms with van der Waals surface area (Å²) < 4.78 is 5.06. The zero-order valence-corrected chi connectivity index (χ0v) is 18.7. The molecule has 9 heteroatoms. The lowest BCUT2D eigenvalue weighted by atomic mass is 10.3. The van der Waals surface area contributed by atoms with Crippen molar-refractivity contribution in [2.24, 2.45) is 4.99 Å². The van der Waals surface area contributed by atoms with Gasteiger partial charge in [-0.1, -0.05) is 17.7 Å². The number of anilines is 1. The molecule has 1 aromatic heterocycles. The molecule has 3 rings (SSSR count). The summed E-state index contributed by atoms with van der Waals surface area (Å²) in [5.74, 6) is 0.808. The Morgan fingerprint density at radius 2 is 2.11 bits per heavy atom. The second-order valence-corrected chi connectivity index (χ2v) is 6.72. The van der Waals surface area contributed by atoms with Crippen LogP contribution in [0.5, 0.6) is 0 Å². The van der Waals surface area contributed by atoms with Crippen LogP contribution in [0.1, 0.15) is 17.0 Å². The number of carbonyl (C=O) groups excluding carboxylic acids is 1. The number of carbonyl (C=O) groups is 1. The van der Waals surface area contributed by atoms with Crippen LogP contribution in [-0.2, 0) is 0 Å². The first-order chi connectivity index (χ1) is 13.2. The quantitative estimate of drug-likeness (QED) is 0.238. The molecule has 1 unspecified atom stereocenters. The van der Waals surface area contributed by atoms with E-state index in [0.29, 0.717) is 24.9 Å². The number of nitrogens with one attached hydrogen (secondary N) is 3. The van der Waals surface area contributed by atoms with E-state index in [1.807, 2.05) is 18.2 Å². The standard InChI is InChI=1S/C19H24ClN5O2.HI/c1-21-19(23-9-8-22-18(26)17-6-3-11-27-17)24-15-7-10-25(13-15)16-5-2-4-14(20)12-16;/h2-6,11-12,15H,7-10,13H2,1H3,(H,22,26)(H2,21,23,24);1H. The summed E-state index contributed by atoms with van der Waals surface area (Å²) in [6.07, 6.45) is 2.50. The van der Waals surface area contributed by atoms with Crippen molar-refractivity contribution in [3.63, 3.8) is 0 Å². The molecule has 1 atom stereocenters. The van der Waals surface area contributed by atoms with Gasteiger partial charge in [-0.05, 0) is 36.8 Å². The lowest BCUT2D eigenvalue weighted by molar-refractivity contribution is 0.0926. The summed E-state index contributed by atoms with van der Waals surface area (Å²) in [4.78, 5) is 18.4. The van der Waals surface area contributed by atoms with Crippen LogP contribution in [0.15, 0.2) is 52.1 Å². The van der Waals surface area contributed by atoms with Crippen molar-refractivity contribution >= 4 is 53.1 Å². The molecule has 1 aliphatic heterocycles. The fourth-order valence-electron chi connectivity index (χ4n) is 3.03. The third-order valence-electron chi connectivity index (χ3n) is 4.37. The highest BCUT2D eigenvalue weighted by Gasteiger charge is 2.23. The van der Waals surface area contributed by atoms with Crippen molar-refractivity contribution in [1.29, 1.82) is 0 Å². The molecule has 0 bridgehead atoms. The number of benzene rings is 1. The van der Waals surface area contributed by atoms with Crippen LogP contribution in [-0.4, -0.2) is 51.1 Å². The average molecular weight is 518 g/mol. The summed E-state index contributed by atoms with van der Waals surface area (Å²) in [6, 6.07) is 11.5. The van der Waals surface area contributed by atoms with Gasteiger partial charge >= 0.3 is 0 Å². The van der Waals surface area contributed by atoms with Crippen molar-refractivity contribution in [2.45, 2.75) is 12.5 Å². The molecule has 7 nitrogen and oxygen atoms in total. The number of hydrogen-bond donors (Lipinski definition) is 3. The van der Waals surface area contributed by atoms with E-state index in [-0.39, 0.29) is 29.9 Å². The molecule has 1 aliphatic rings. The highest BCUT2D eigenvalue weighted by atomic mass is 127. The lowest BCUT2D eigenvalue weighted by Crippen LogP contribution is -2.46. The molecule has 0 aliphatic carbocycles. The number of nitrogens with zero attached hydrogens (tertiary/aromatic N) is 2. The van der Waals surface area contributed by atoms with Crippen LogP contribution < -0.4 is 20.9 Å². The number of hydrogen-bond acceptors (Lipinski definition) is 4. The Kier molecular flexibility index (Phi) is 8.91. The predicted octanol–water partition coefficient (Wildman–Crippen LogP) is 2.72. The number of aliphatic imine (C=N–C) groups is 1. The zero-order chi connectivity index (χ0) is 19.1. The molecule has 2 aromatic rings. The van der Waals surface area contributed by atoms with E-state index < -0.39 is 0 Å². The minimum Gasteiger partial charge on any atom is -0.459 e. The van der Waals surface area contributed by atoms with Gasteiger partial charge in [0.05, 0.1) is 6.26 Å². The van der Waals surface area contributed by atoms with E-state index in [1.54, 1.807) is 19.2 Å². The SMILES string of the molecule is CN=C(NCCNC(=O)c1ccco1)NC1CCN(c2cccc(Cl)c2)C1.I. The summed E-state index contributed by atoms with van der Waals surface area (Å²) >= 11 is 6.09. The lowest BCUT2D eigenvalue weighted by Gasteiger charge is -2.20. The van der Waals surface area contributed by atoms with E-state index in [9.17, 15) is 4.79 Å². The molecule has 1 aromatic carbocycles. The van der Waals surface area contributed by atoms with Crippen molar-refractivity contribution in [1.82, 2.24) is 16.0 Å². The molecule has 28 heavy (non-hydrogen) atoms. The average Bonchev–Trinajstić information content (AvgIpc) is 3.36. The van der Waals surface area contributed by atoms with Gasteiger partial charge in [-0.15, -0.1) is 24.0 Å². The van der Waals surface area contributed by atoms with Crippen LogP contribution in [0.25, 0.3) is 0 Å². The molecule has 0 saturated carbocycles. The third kappa shape index (κ3) is 6.30. The van der Waals surface area contributed by atoms with Gasteiger partial charge in [-0.25, -0.2) is 0 Å². The van der Waals surface area contributed by atoms with Gasteiger partial charge in [0.15, 0.2) is 11.7 Å². The number of rotatable bonds is 6. The maximum atomic E-state index is 11.8. The van der Waals surface area contributed by atoms with Gasteiger partial charge in [-0.2, -0.15) is 0 Å². The minimum atomic E-state index is -0.224. The molecule has 3 N–H and O–H groups in total. The smallest absolute Gasteiger partial charge is 0.287 e. The fraction of sp³-hybridized carbons (Fsp3) is 0.368.